The van der Waals surface area contributed by atoms with E-state index in [2.05, 4.69) is 27.7 Å². The lowest BCUT2D eigenvalue weighted by Gasteiger charge is -2.29. The summed E-state index contributed by atoms with van der Waals surface area (Å²) in [5.74, 6) is 0.418. The van der Waals surface area contributed by atoms with Gasteiger partial charge in [-0.1, -0.05) is 27.7 Å². The second-order valence-electron chi connectivity index (χ2n) is 4.82. The molecule has 0 saturated heterocycles. The molecule has 0 aliphatic carbocycles. The lowest BCUT2D eigenvalue weighted by Crippen LogP contribution is -2.28. The highest BCUT2D eigenvalue weighted by atomic mass is 32.1. The lowest BCUT2D eigenvalue weighted by molar-refractivity contribution is -0.0507. The minimum atomic E-state index is -0.226. The van der Waals surface area contributed by atoms with Gasteiger partial charge in [-0.2, -0.15) is 0 Å². The molecule has 104 valence electrons. The molecular weight excluding hydrogens is 244 g/mol. The molecule has 4 heteroatoms. The van der Waals surface area contributed by atoms with Gasteiger partial charge < -0.3 is 10.5 Å². The van der Waals surface area contributed by atoms with Crippen molar-refractivity contribution in [2.75, 3.05) is 6.61 Å². The summed E-state index contributed by atoms with van der Waals surface area (Å²) >= 11 is 1.72. The number of aromatic nitrogens is 1. The average Bonchev–Trinajstić information content (AvgIpc) is 2.80. The van der Waals surface area contributed by atoms with Gasteiger partial charge in [-0.25, -0.2) is 4.98 Å². The number of hydrogen-bond acceptors (Lipinski definition) is 4. The number of thiazole rings is 1. The minimum Gasteiger partial charge on any atom is -0.368 e. The molecule has 1 aromatic heterocycles. The monoisotopic (exact) mass is 270 g/mol. The van der Waals surface area contributed by atoms with E-state index in [0.717, 1.165) is 30.2 Å². The Balaban J connectivity index is 3.21. The molecule has 1 aromatic rings. The molecule has 0 unspecified atom stereocenters. The van der Waals surface area contributed by atoms with Gasteiger partial charge in [-0.05, 0) is 25.7 Å². The summed E-state index contributed by atoms with van der Waals surface area (Å²) in [6.07, 6.45) is 1.90. The fourth-order valence-corrected chi connectivity index (χ4v) is 3.63. The first kappa shape index (κ1) is 15.6. The smallest absolute Gasteiger partial charge is 0.125 e. The maximum Gasteiger partial charge on any atom is 0.125 e. The van der Waals surface area contributed by atoms with Crippen LogP contribution in [0.4, 0.5) is 0 Å². The maximum atomic E-state index is 6.01. The second-order valence-corrected chi connectivity index (χ2v) is 5.90. The third-order valence-electron chi connectivity index (χ3n) is 3.41. The molecule has 0 radical (unpaired) electrons. The van der Waals surface area contributed by atoms with Crippen LogP contribution in [0.1, 0.15) is 69.0 Å². The highest BCUT2D eigenvalue weighted by Gasteiger charge is 2.33. The molecule has 0 amide bonds. The van der Waals surface area contributed by atoms with Gasteiger partial charge in [0.05, 0.1) is 5.69 Å². The van der Waals surface area contributed by atoms with E-state index in [9.17, 15) is 0 Å². The van der Waals surface area contributed by atoms with Crippen molar-refractivity contribution in [2.24, 2.45) is 5.73 Å². The summed E-state index contributed by atoms with van der Waals surface area (Å²) in [5, 5.41) is 1.10. The van der Waals surface area contributed by atoms with Crippen molar-refractivity contribution in [1.29, 1.82) is 0 Å². The number of ether oxygens (including phenoxy) is 1. The molecule has 0 saturated carbocycles. The topological polar surface area (TPSA) is 48.1 Å². The number of nitrogens with two attached hydrogens (primary N) is 1. The van der Waals surface area contributed by atoms with Crippen molar-refractivity contribution in [3.05, 3.63) is 15.6 Å². The van der Waals surface area contributed by atoms with Crippen molar-refractivity contribution < 1.29 is 4.74 Å². The Labute approximate surface area is 115 Å². The second kappa shape index (κ2) is 6.64. The predicted octanol–water partition coefficient (Wildman–Crippen LogP) is 3.78. The molecule has 0 atom stereocenters. The average molecular weight is 270 g/mol. The lowest BCUT2D eigenvalue weighted by atomic mass is 9.98. The summed E-state index contributed by atoms with van der Waals surface area (Å²) in [5.41, 5.74) is 6.75. The summed E-state index contributed by atoms with van der Waals surface area (Å²) in [4.78, 5) is 6.03. The van der Waals surface area contributed by atoms with Crippen molar-refractivity contribution in [2.45, 2.75) is 65.5 Å². The van der Waals surface area contributed by atoms with Gasteiger partial charge in [0.1, 0.15) is 10.6 Å². The van der Waals surface area contributed by atoms with Crippen LogP contribution in [-0.4, -0.2) is 11.6 Å². The molecule has 0 bridgehead atoms. The summed E-state index contributed by atoms with van der Waals surface area (Å²) < 4.78 is 6.01. The zero-order valence-electron chi connectivity index (χ0n) is 12.2. The van der Waals surface area contributed by atoms with E-state index in [1.54, 1.807) is 11.3 Å². The van der Waals surface area contributed by atoms with E-state index in [4.69, 9.17) is 15.5 Å². The van der Waals surface area contributed by atoms with Crippen molar-refractivity contribution in [3.8, 4) is 0 Å². The Kier molecular flexibility index (Phi) is 5.76. The molecule has 2 N–H and O–H groups in total. The number of rotatable bonds is 7. The Morgan fingerprint density at radius 1 is 1.28 bits per heavy atom. The zero-order chi connectivity index (χ0) is 13.8. The third kappa shape index (κ3) is 2.92. The Hall–Kier alpha value is -0.450. The van der Waals surface area contributed by atoms with Crippen LogP contribution < -0.4 is 5.73 Å². The van der Waals surface area contributed by atoms with Crippen LogP contribution in [0.15, 0.2) is 0 Å². The minimum absolute atomic E-state index is 0.226. The Bertz CT molecular complexity index is 370. The van der Waals surface area contributed by atoms with E-state index >= 15 is 0 Å². The van der Waals surface area contributed by atoms with Crippen molar-refractivity contribution in [3.63, 3.8) is 0 Å². The molecule has 1 heterocycles. The first-order chi connectivity index (χ1) is 8.54. The van der Waals surface area contributed by atoms with E-state index in [1.165, 1.54) is 4.88 Å². The largest absolute Gasteiger partial charge is 0.368 e. The van der Waals surface area contributed by atoms with Crippen LogP contribution in [0.3, 0.4) is 0 Å². The van der Waals surface area contributed by atoms with Crippen molar-refractivity contribution >= 4 is 11.3 Å². The molecule has 0 spiro atoms. The molecule has 0 aliphatic heterocycles. The molecule has 18 heavy (non-hydrogen) atoms. The van der Waals surface area contributed by atoms with Crippen LogP contribution in [0.25, 0.3) is 0 Å². The van der Waals surface area contributed by atoms with Crippen molar-refractivity contribution in [1.82, 2.24) is 4.98 Å². The van der Waals surface area contributed by atoms with E-state index < -0.39 is 0 Å². The molecular formula is C14H26N2OS. The van der Waals surface area contributed by atoms with Crippen LogP contribution in [0.5, 0.6) is 0 Å². The Morgan fingerprint density at radius 2 is 1.89 bits per heavy atom. The SMILES string of the molecule is CCOC(CC)(CC)c1nc(C(C)C)c(CN)s1. The summed E-state index contributed by atoms with van der Waals surface area (Å²) in [7, 11) is 0. The predicted molar refractivity (Wildman–Crippen MR) is 78.0 cm³/mol. The van der Waals surface area contributed by atoms with Gasteiger partial charge >= 0.3 is 0 Å². The normalized spacial score (nSPS) is 12.4. The van der Waals surface area contributed by atoms with E-state index in [-0.39, 0.29) is 5.60 Å². The van der Waals surface area contributed by atoms with Gasteiger partial charge in [0.15, 0.2) is 0 Å². The van der Waals surface area contributed by atoms with Crippen LogP contribution in [-0.2, 0) is 16.9 Å². The molecule has 1 rings (SSSR count). The van der Waals surface area contributed by atoms with Gasteiger partial charge in [0.25, 0.3) is 0 Å². The fourth-order valence-electron chi connectivity index (χ4n) is 2.25. The molecule has 0 fully saturated rings. The highest BCUT2D eigenvalue weighted by Crippen LogP contribution is 2.38. The van der Waals surface area contributed by atoms with Crippen LogP contribution in [0, 0.1) is 0 Å². The quantitative estimate of drug-likeness (QED) is 0.820. The van der Waals surface area contributed by atoms with E-state index in [0.29, 0.717) is 12.5 Å². The van der Waals surface area contributed by atoms with Gasteiger partial charge in [-0.15, -0.1) is 11.3 Å². The molecule has 0 aromatic carbocycles. The van der Waals surface area contributed by atoms with Crippen LogP contribution >= 0.6 is 11.3 Å². The Morgan fingerprint density at radius 3 is 2.22 bits per heavy atom. The van der Waals surface area contributed by atoms with Gasteiger partial charge in [0, 0.05) is 18.0 Å². The molecule has 0 aliphatic rings. The highest BCUT2D eigenvalue weighted by molar-refractivity contribution is 7.11. The number of nitrogens with zero attached hydrogens (tertiary/aromatic N) is 1. The number of hydrogen-bond donors (Lipinski definition) is 1. The summed E-state index contributed by atoms with van der Waals surface area (Å²) in [6.45, 7) is 12.0. The zero-order valence-corrected chi connectivity index (χ0v) is 13.1. The van der Waals surface area contributed by atoms with Crippen LogP contribution in [0.2, 0.25) is 0 Å². The fraction of sp³-hybridized carbons (Fsp3) is 0.786. The van der Waals surface area contributed by atoms with Gasteiger partial charge in [0.2, 0.25) is 0 Å². The molecule has 3 nitrogen and oxygen atoms in total. The van der Waals surface area contributed by atoms with Gasteiger partial charge in [-0.3, -0.25) is 0 Å². The summed E-state index contributed by atoms with van der Waals surface area (Å²) in [6, 6.07) is 0. The maximum absolute atomic E-state index is 6.01. The standard InChI is InChI=1S/C14H26N2OS/c1-6-14(7-2,17-8-3)13-16-12(10(4)5)11(9-15)18-13/h10H,6-9,15H2,1-5H3. The first-order valence-corrected chi connectivity index (χ1v) is 7.70. The first-order valence-electron chi connectivity index (χ1n) is 6.88. The van der Waals surface area contributed by atoms with E-state index in [1.807, 2.05) is 6.92 Å². The third-order valence-corrected chi connectivity index (χ3v) is 4.69.